The normalized spacial score (nSPS) is 11.4. The Kier molecular flexibility index (Phi) is 4.33. The van der Waals surface area contributed by atoms with Gasteiger partial charge in [0.1, 0.15) is 0 Å². The first-order valence-corrected chi connectivity index (χ1v) is 7.98. The number of rotatable bonds is 5. The number of nitrogens with zero attached hydrogens (tertiary/aromatic N) is 4. The molecule has 0 fully saturated rings. The van der Waals surface area contributed by atoms with Crippen molar-refractivity contribution in [3.8, 4) is 0 Å². The lowest BCUT2D eigenvalue weighted by Gasteiger charge is -2.09. The molecule has 126 valence electrons. The molecule has 1 amide bonds. The highest BCUT2D eigenvalue weighted by Gasteiger charge is 2.19. The third kappa shape index (κ3) is 3.15. The van der Waals surface area contributed by atoms with Crippen molar-refractivity contribution in [2.24, 2.45) is 7.05 Å². The maximum Gasteiger partial charge on any atom is 0.259 e. The monoisotopic (exact) mass is 327 g/mol. The molecule has 24 heavy (non-hydrogen) atoms. The molecule has 7 heteroatoms. The predicted molar refractivity (Wildman–Crippen MR) is 89.9 cm³/mol. The summed E-state index contributed by atoms with van der Waals surface area (Å²) in [5.41, 5.74) is 3.55. The second kappa shape index (κ2) is 6.43. The van der Waals surface area contributed by atoms with Crippen LogP contribution in [0.4, 0.5) is 0 Å². The van der Waals surface area contributed by atoms with Crippen LogP contribution in [-0.2, 0) is 13.5 Å². The Balaban J connectivity index is 1.81. The van der Waals surface area contributed by atoms with Crippen molar-refractivity contribution >= 4 is 17.0 Å². The van der Waals surface area contributed by atoms with Crippen LogP contribution < -0.4 is 5.32 Å². The van der Waals surface area contributed by atoms with Crippen LogP contribution in [0.3, 0.4) is 0 Å². The number of aromatic nitrogens is 4. The molecule has 0 atom stereocenters. The maximum atomic E-state index is 12.6. The van der Waals surface area contributed by atoms with E-state index in [1.165, 1.54) is 0 Å². The zero-order valence-electron chi connectivity index (χ0n) is 14.3. The molecule has 0 saturated carbocycles. The second-order valence-corrected chi connectivity index (χ2v) is 6.23. The molecule has 3 aromatic rings. The lowest BCUT2D eigenvalue weighted by atomic mass is 10.0. The van der Waals surface area contributed by atoms with Gasteiger partial charge in [0.2, 0.25) is 0 Å². The van der Waals surface area contributed by atoms with Crippen LogP contribution in [-0.4, -0.2) is 32.4 Å². The number of hydrogen-bond donors (Lipinski definition) is 1. The van der Waals surface area contributed by atoms with Gasteiger partial charge in [-0.15, -0.1) is 0 Å². The van der Waals surface area contributed by atoms with Gasteiger partial charge in [-0.3, -0.25) is 9.48 Å². The quantitative estimate of drug-likeness (QED) is 0.777. The predicted octanol–water partition coefficient (Wildman–Crippen LogP) is 2.36. The van der Waals surface area contributed by atoms with E-state index in [0.717, 1.165) is 17.7 Å². The summed E-state index contributed by atoms with van der Waals surface area (Å²) in [7, 11) is 1.87. The first-order chi connectivity index (χ1) is 11.5. The topological polar surface area (TPSA) is 85.8 Å². The summed E-state index contributed by atoms with van der Waals surface area (Å²) >= 11 is 0. The third-order valence-electron chi connectivity index (χ3n) is 3.93. The van der Waals surface area contributed by atoms with Crippen molar-refractivity contribution in [2.45, 2.75) is 33.1 Å². The number of hydrogen-bond acceptors (Lipinski definition) is 5. The largest absolute Gasteiger partial charge is 0.352 e. The van der Waals surface area contributed by atoms with Gasteiger partial charge in [-0.25, -0.2) is 4.98 Å². The zero-order valence-corrected chi connectivity index (χ0v) is 14.3. The van der Waals surface area contributed by atoms with Crippen molar-refractivity contribution < 1.29 is 9.32 Å². The lowest BCUT2D eigenvalue weighted by Crippen LogP contribution is -2.26. The molecule has 0 aliphatic heterocycles. The van der Waals surface area contributed by atoms with Crippen LogP contribution >= 0.6 is 0 Å². The molecule has 0 aliphatic carbocycles. The molecule has 0 aliphatic rings. The lowest BCUT2D eigenvalue weighted by molar-refractivity contribution is 0.0955. The molecule has 0 spiro atoms. The first kappa shape index (κ1) is 16.2. The molecule has 3 heterocycles. The molecule has 0 aromatic carbocycles. The minimum absolute atomic E-state index is 0.139. The molecular formula is C17H21N5O2. The van der Waals surface area contributed by atoms with E-state index in [4.69, 9.17) is 4.52 Å². The summed E-state index contributed by atoms with van der Waals surface area (Å²) in [5, 5.41) is 11.7. The fourth-order valence-electron chi connectivity index (χ4n) is 2.61. The Hall–Kier alpha value is -2.70. The van der Waals surface area contributed by atoms with Crippen molar-refractivity contribution in [1.82, 2.24) is 25.2 Å². The maximum absolute atomic E-state index is 12.6. The van der Waals surface area contributed by atoms with Crippen LogP contribution in [0.15, 0.2) is 23.0 Å². The summed E-state index contributed by atoms with van der Waals surface area (Å²) in [6, 6.07) is 1.83. The van der Waals surface area contributed by atoms with Crippen LogP contribution in [0.5, 0.6) is 0 Å². The number of fused-ring (bicyclic) bond motifs is 1. The van der Waals surface area contributed by atoms with Gasteiger partial charge in [-0.05, 0) is 30.9 Å². The smallest absolute Gasteiger partial charge is 0.259 e. The summed E-state index contributed by atoms with van der Waals surface area (Å²) in [6.45, 7) is 6.41. The van der Waals surface area contributed by atoms with Crippen molar-refractivity contribution in [3.05, 3.63) is 41.0 Å². The van der Waals surface area contributed by atoms with Crippen LogP contribution in [0, 0.1) is 6.92 Å². The number of aryl methyl sites for hydroxylation is 2. The van der Waals surface area contributed by atoms with E-state index in [-0.39, 0.29) is 11.8 Å². The first-order valence-electron chi connectivity index (χ1n) is 7.98. The number of carbonyl (C=O) groups excluding carboxylic acids is 1. The Bertz CT molecular complexity index is 878. The molecular weight excluding hydrogens is 306 g/mol. The van der Waals surface area contributed by atoms with Crippen molar-refractivity contribution in [3.63, 3.8) is 0 Å². The van der Waals surface area contributed by atoms with Gasteiger partial charge in [0.05, 0.1) is 22.8 Å². The van der Waals surface area contributed by atoms with E-state index < -0.39 is 0 Å². The average Bonchev–Trinajstić information content (AvgIpc) is 3.12. The van der Waals surface area contributed by atoms with Crippen LogP contribution in [0.1, 0.15) is 47.1 Å². The van der Waals surface area contributed by atoms with Crippen LogP contribution in [0.2, 0.25) is 0 Å². The van der Waals surface area contributed by atoms with Gasteiger partial charge in [0.15, 0.2) is 0 Å². The number of carbonyl (C=O) groups is 1. The molecule has 0 saturated heterocycles. The van der Waals surface area contributed by atoms with Crippen molar-refractivity contribution in [2.75, 3.05) is 6.54 Å². The summed E-state index contributed by atoms with van der Waals surface area (Å²) < 4.78 is 7.00. The van der Waals surface area contributed by atoms with E-state index in [0.29, 0.717) is 28.9 Å². The minimum atomic E-state index is -0.139. The zero-order chi connectivity index (χ0) is 17.3. The Morgan fingerprint density at radius 2 is 2.21 bits per heavy atom. The summed E-state index contributed by atoms with van der Waals surface area (Å²) in [4.78, 5) is 17.1. The van der Waals surface area contributed by atoms with E-state index in [1.54, 1.807) is 10.9 Å². The Morgan fingerprint density at radius 1 is 1.42 bits per heavy atom. The molecule has 0 radical (unpaired) electrons. The van der Waals surface area contributed by atoms with E-state index in [1.807, 2.05) is 40.1 Å². The SMILES string of the molecule is Cc1noc2nc(C(C)C)cc(C(=O)NCCc3cnn(C)c3)c12. The highest BCUT2D eigenvalue weighted by Crippen LogP contribution is 2.25. The molecule has 7 nitrogen and oxygen atoms in total. The van der Waals surface area contributed by atoms with Gasteiger partial charge < -0.3 is 9.84 Å². The van der Waals surface area contributed by atoms with E-state index >= 15 is 0 Å². The van der Waals surface area contributed by atoms with Gasteiger partial charge in [-0.1, -0.05) is 19.0 Å². The standard InChI is InChI=1S/C17H21N5O2/c1-10(2)14-7-13(15-11(3)21-24-17(15)20-14)16(23)18-6-5-12-8-19-22(4)9-12/h7-10H,5-6H2,1-4H3,(H,18,23). The molecule has 3 rings (SSSR count). The third-order valence-corrected chi connectivity index (χ3v) is 3.93. The highest BCUT2D eigenvalue weighted by molar-refractivity contribution is 6.06. The Labute approximate surface area is 140 Å². The van der Waals surface area contributed by atoms with Gasteiger partial charge in [-0.2, -0.15) is 5.10 Å². The number of amides is 1. The summed E-state index contributed by atoms with van der Waals surface area (Å²) in [6.07, 6.45) is 4.48. The number of nitrogens with one attached hydrogen (secondary N) is 1. The van der Waals surface area contributed by atoms with Crippen molar-refractivity contribution in [1.29, 1.82) is 0 Å². The molecule has 3 aromatic heterocycles. The van der Waals surface area contributed by atoms with Crippen LogP contribution in [0.25, 0.3) is 11.1 Å². The number of pyridine rings is 1. The second-order valence-electron chi connectivity index (χ2n) is 6.23. The van der Waals surface area contributed by atoms with Gasteiger partial charge in [0, 0.05) is 25.5 Å². The minimum Gasteiger partial charge on any atom is -0.352 e. The van der Waals surface area contributed by atoms with E-state index in [2.05, 4.69) is 20.6 Å². The summed E-state index contributed by atoms with van der Waals surface area (Å²) in [5.74, 6) is 0.0567. The van der Waals surface area contributed by atoms with Gasteiger partial charge in [0.25, 0.3) is 11.6 Å². The average molecular weight is 327 g/mol. The molecule has 0 bridgehead atoms. The molecule has 1 N–H and O–H groups in total. The fourth-order valence-corrected chi connectivity index (χ4v) is 2.61. The fraction of sp³-hybridized carbons (Fsp3) is 0.412. The highest BCUT2D eigenvalue weighted by atomic mass is 16.5. The Morgan fingerprint density at radius 3 is 2.88 bits per heavy atom. The molecule has 0 unspecified atom stereocenters. The van der Waals surface area contributed by atoms with E-state index in [9.17, 15) is 4.79 Å². The van der Waals surface area contributed by atoms with Gasteiger partial charge >= 0.3 is 0 Å².